The van der Waals surface area contributed by atoms with Gasteiger partial charge in [-0.1, -0.05) is 125 Å². The van der Waals surface area contributed by atoms with E-state index in [2.05, 4.69) is 82.8 Å². The molecule has 0 N–H and O–H groups in total. The molecule has 0 aliphatic carbocycles. The smallest absolute Gasteiger partial charge is 0.410 e. The minimum atomic E-state index is -2.68. The van der Waals surface area contributed by atoms with Crippen molar-refractivity contribution >= 4 is 30.8 Å². The van der Waals surface area contributed by atoms with E-state index < -0.39 is 32.0 Å². The molecular formula is C40H55NO5Si. The van der Waals surface area contributed by atoms with Gasteiger partial charge in [0.2, 0.25) is 0 Å². The highest BCUT2D eigenvalue weighted by Gasteiger charge is 2.50. The number of hydrogen-bond donors (Lipinski definition) is 0. The van der Waals surface area contributed by atoms with Crippen LogP contribution in [0.4, 0.5) is 4.79 Å². The molecule has 0 fully saturated rings. The van der Waals surface area contributed by atoms with Crippen LogP contribution in [-0.2, 0) is 25.1 Å². The number of rotatable bonds is 15. The third kappa shape index (κ3) is 10.7. The van der Waals surface area contributed by atoms with Gasteiger partial charge in [0.15, 0.2) is 0 Å². The fourth-order valence-electron chi connectivity index (χ4n) is 5.95. The fourth-order valence-corrected chi connectivity index (χ4v) is 10.6. The molecule has 0 bridgehead atoms. The van der Waals surface area contributed by atoms with Gasteiger partial charge in [0.1, 0.15) is 17.7 Å². The molecule has 0 saturated carbocycles. The van der Waals surface area contributed by atoms with E-state index in [1.54, 1.807) is 7.05 Å². The highest BCUT2D eigenvalue weighted by atomic mass is 28.4. The van der Waals surface area contributed by atoms with Gasteiger partial charge in [-0.15, -0.1) is 6.58 Å². The number of esters is 1. The lowest BCUT2D eigenvalue weighted by atomic mass is 10.00. The first-order valence-electron chi connectivity index (χ1n) is 16.8. The first-order valence-corrected chi connectivity index (χ1v) is 18.7. The molecule has 1 amide bonds. The molecule has 0 spiro atoms. The quantitative estimate of drug-likeness (QED) is 0.0719. The summed E-state index contributed by atoms with van der Waals surface area (Å²) in [6.45, 7) is 18.8. The largest absolute Gasteiger partial charge is 0.461 e. The molecule has 254 valence electrons. The molecule has 6 nitrogen and oxygen atoms in total. The number of likely N-dealkylation sites (N-methyl/N-ethyl adjacent to an activating group) is 1. The van der Waals surface area contributed by atoms with Crippen molar-refractivity contribution in [2.75, 3.05) is 13.7 Å². The molecule has 47 heavy (non-hydrogen) atoms. The summed E-state index contributed by atoms with van der Waals surface area (Å²) in [5.74, 6) is -0.307. The number of nitrogens with zero attached hydrogens (tertiary/aromatic N) is 1. The van der Waals surface area contributed by atoms with Gasteiger partial charge in [-0.05, 0) is 66.9 Å². The molecule has 0 radical (unpaired) electrons. The molecule has 0 aliphatic heterocycles. The summed E-state index contributed by atoms with van der Waals surface area (Å²) in [6, 6.07) is 30.0. The molecule has 3 atom stereocenters. The van der Waals surface area contributed by atoms with Crippen LogP contribution in [0, 0.1) is 5.92 Å². The summed E-state index contributed by atoms with van der Waals surface area (Å²) < 4.78 is 19.0. The average Bonchev–Trinajstić information content (AvgIpc) is 3.03. The lowest BCUT2D eigenvalue weighted by Crippen LogP contribution is -2.66. The Morgan fingerprint density at radius 2 is 1.36 bits per heavy atom. The van der Waals surface area contributed by atoms with E-state index in [9.17, 15) is 9.59 Å². The highest BCUT2D eigenvalue weighted by Crippen LogP contribution is 2.37. The Bertz CT molecular complexity index is 1360. The van der Waals surface area contributed by atoms with Crippen LogP contribution in [0.15, 0.2) is 104 Å². The van der Waals surface area contributed by atoms with Gasteiger partial charge in [-0.2, -0.15) is 0 Å². The van der Waals surface area contributed by atoms with Crippen LogP contribution < -0.4 is 10.4 Å². The first-order chi connectivity index (χ1) is 22.2. The van der Waals surface area contributed by atoms with Crippen LogP contribution in [-0.4, -0.2) is 56.7 Å². The van der Waals surface area contributed by atoms with Gasteiger partial charge in [0.05, 0.1) is 0 Å². The van der Waals surface area contributed by atoms with Crippen molar-refractivity contribution in [2.45, 2.75) is 96.9 Å². The van der Waals surface area contributed by atoms with Gasteiger partial charge < -0.3 is 13.9 Å². The van der Waals surface area contributed by atoms with E-state index in [4.69, 9.17) is 13.9 Å². The number of benzene rings is 3. The lowest BCUT2D eigenvalue weighted by Gasteiger charge is -2.43. The summed E-state index contributed by atoms with van der Waals surface area (Å²) >= 11 is 0. The number of hydrogen-bond acceptors (Lipinski definition) is 5. The Balaban J connectivity index is 1.83. The maximum absolute atomic E-state index is 13.9. The standard InChI is InChI=1S/C40H55NO5Si/c1-10-31(2)29-33(45-37(42)36(30-32-21-14-11-15-22-32)41(9)38(43)46-39(3,4)5)23-20-28-44-47(40(6,7)8,34-24-16-12-17-25-34)35-26-18-13-19-27-35/h10-19,21-22,24-27,31,33,36H,1,20,23,28-30H2,2-9H3/t31-,33-,36+/m1/s1. The van der Waals surface area contributed by atoms with E-state index in [1.165, 1.54) is 15.3 Å². The number of amides is 1. The van der Waals surface area contributed by atoms with E-state index in [1.807, 2.05) is 69.3 Å². The van der Waals surface area contributed by atoms with Crippen molar-refractivity contribution in [2.24, 2.45) is 5.92 Å². The van der Waals surface area contributed by atoms with Crippen LogP contribution in [0.25, 0.3) is 0 Å². The van der Waals surface area contributed by atoms with Gasteiger partial charge in [0.25, 0.3) is 8.32 Å². The van der Waals surface area contributed by atoms with Gasteiger partial charge in [0, 0.05) is 20.1 Å². The van der Waals surface area contributed by atoms with Gasteiger partial charge in [-0.25, -0.2) is 9.59 Å². The Morgan fingerprint density at radius 3 is 1.83 bits per heavy atom. The van der Waals surface area contributed by atoms with Crippen molar-refractivity contribution in [1.29, 1.82) is 0 Å². The molecule has 3 rings (SSSR count). The van der Waals surface area contributed by atoms with Crippen LogP contribution in [0.1, 0.15) is 73.3 Å². The van der Waals surface area contributed by atoms with Crippen molar-refractivity contribution in [3.8, 4) is 0 Å². The highest BCUT2D eigenvalue weighted by molar-refractivity contribution is 6.99. The lowest BCUT2D eigenvalue weighted by molar-refractivity contribution is -0.156. The first kappa shape index (κ1) is 37.8. The number of ether oxygens (including phenoxy) is 2. The van der Waals surface area contributed by atoms with Crippen molar-refractivity contribution in [3.05, 3.63) is 109 Å². The Hall–Kier alpha value is -3.68. The second kappa shape index (κ2) is 16.9. The van der Waals surface area contributed by atoms with E-state index in [0.29, 0.717) is 32.3 Å². The molecule has 0 heterocycles. The Labute approximate surface area is 284 Å². The van der Waals surface area contributed by atoms with Crippen LogP contribution >= 0.6 is 0 Å². The molecule has 3 aromatic carbocycles. The van der Waals surface area contributed by atoms with Crippen LogP contribution in [0.5, 0.6) is 0 Å². The van der Waals surface area contributed by atoms with E-state index in [0.717, 1.165) is 5.56 Å². The molecular weight excluding hydrogens is 603 g/mol. The summed E-state index contributed by atoms with van der Waals surface area (Å²) in [5.41, 5.74) is 0.235. The second-order valence-electron chi connectivity index (χ2n) is 14.5. The predicted molar refractivity (Wildman–Crippen MR) is 195 cm³/mol. The third-order valence-electron chi connectivity index (χ3n) is 8.42. The average molecular weight is 658 g/mol. The minimum absolute atomic E-state index is 0.129. The van der Waals surface area contributed by atoms with E-state index >= 15 is 0 Å². The molecule has 0 unspecified atom stereocenters. The van der Waals surface area contributed by atoms with Gasteiger partial charge >= 0.3 is 12.1 Å². The molecule has 3 aromatic rings. The number of carbonyl (C=O) groups excluding carboxylic acids is 2. The Kier molecular flexibility index (Phi) is 13.6. The maximum Gasteiger partial charge on any atom is 0.410 e. The summed E-state index contributed by atoms with van der Waals surface area (Å²) in [4.78, 5) is 28.4. The Morgan fingerprint density at radius 1 is 0.851 bits per heavy atom. The van der Waals surface area contributed by atoms with E-state index in [-0.39, 0.29) is 17.1 Å². The topological polar surface area (TPSA) is 65.1 Å². The SMILES string of the molecule is C=C[C@@H](C)C[C@@H](CCCO[Si](c1ccccc1)(c1ccccc1)C(C)(C)C)OC(=O)[C@H](Cc1ccccc1)N(C)C(=O)OC(C)(C)C. The van der Waals surface area contributed by atoms with Gasteiger partial charge in [-0.3, -0.25) is 4.90 Å². The van der Waals surface area contributed by atoms with Crippen molar-refractivity contribution < 1.29 is 23.5 Å². The molecule has 0 saturated heterocycles. The molecule has 7 heteroatoms. The van der Waals surface area contributed by atoms with Crippen molar-refractivity contribution in [3.63, 3.8) is 0 Å². The summed E-state index contributed by atoms with van der Waals surface area (Å²) in [7, 11) is -1.08. The maximum atomic E-state index is 13.9. The molecule has 0 aliphatic rings. The number of carbonyl (C=O) groups is 2. The zero-order chi connectivity index (χ0) is 34.7. The van der Waals surface area contributed by atoms with Crippen LogP contribution in [0.2, 0.25) is 5.04 Å². The zero-order valence-electron chi connectivity index (χ0n) is 29.7. The predicted octanol–water partition coefficient (Wildman–Crippen LogP) is 7.95. The van der Waals surface area contributed by atoms with Crippen LogP contribution in [0.3, 0.4) is 0 Å². The number of allylic oxidation sites excluding steroid dienone is 1. The summed E-state index contributed by atoms with van der Waals surface area (Å²) in [5, 5.41) is 2.34. The monoisotopic (exact) mass is 657 g/mol. The minimum Gasteiger partial charge on any atom is -0.461 e. The zero-order valence-corrected chi connectivity index (χ0v) is 30.7. The molecule has 0 aromatic heterocycles. The summed E-state index contributed by atoms with van der Waals surface area (Å²) in [6.07, 6.45) is 3.22. The normalized spacial score (nSPS) is 14.0. The second-order valence-corrected chi connectivity index (χ2v) is 18.8. The fraction of sp³-hybridized carbons (Fsp3) is 0.450. The van der Waals surface area contributed by atoms with Crippen molar-refractivity contribution in [1.82, 2.24) is 4.90 Å². The third-order valence-corrected chi connectivity index (χ3v) is 13.5.